The van der Waals surface area contributed by atoms with Crippen molar-refractivity contribution in [1.29, 1.82) is 0 Å². The first kappa shape index (κ1) is 32.3. The third-order valence-corrected chi connectivity index (χ3v) is 7.44. The van der Waals surface area contributed by atoms with E-state index in [9.17, 15) is 13.2 Å². The first-order valence-corrected chi connectivity index (χ1v) is 15.3. The van der Waals surface area contributed by atoms with Crippen LogP contribution >= 0.6 is 11.6 Å². The quantitative estimate of drug-likeness (QED) is 0.0737. The molecule has 0 atom stereocenters. The lowest BCUT2D eigenvalue weighted by atomic mass is 10.1. The summed E-state index contributed by atoms with van der Waals surface area (Å²) in [5.41, 5.74) is 0.417. The predicted octanol–water partition coefficient (Wildman–Crippen LogP) is 7.17. The second-order valence-corrected chi connectivity index (χ2v) is 10.9. The van der Waals surface area contributed by atoms with Crippen molar-refractivity contribution >= 4 is 33.3 Å². The SMILES string of the molecule is CCCCCCCCCCCCCCNS(=O)(=O)c1ccc(NC(=CC(=O)OCC)OCC)c(Cl)c1. The molecule has 0 amide bonds. The van der Waals surface area contributed by atoms with Gasteiger partial charge in [-0.1, -0.05) is 89.2 Å². The molecular weight excluding hydrogens is 500 g/mol. The maximum Gasteiger partial charge on any atom is 0.336 e. The summed E-state index contributed by atoms with van der Waals surface area (Å²) in [6.45, 7) is 6.70. The van der Waals surface area contributed by atoms with Crippen LogP contribution in [0.4, 0.5) is 5.69 Å². The number of carbonyl (C=O) groups excluding carboxylic acids is 1. The molecule has 0 spiro atoms. The minimum absolute atomic E-state index is 0.0873. The lowest BCUT2D eigenvalue weighted by Gasteiger charge is -2.14. The van der Waals surface area contributed by atoms with Gasteiger partial charge in [0.1, 0.15) is 0 Å². The number of sulfonamides is 1. The van der Waals surface area contributed by atoms with Gasteiger partial charge in [-0.15, -0.1) is 0 Å². The molecule has 1 aromatic carbocycles. The highest BCUT2D eigenvalue weighted by atomic mass is 35.5. The fourth-order valence-electron chi connectivity index (χ4n) is 3.71. The number of hydrogen-bond acceptors (Lipinski definition) is 6. The maximum absolute atomic E-state index is 12.7. The third kappa shape index (κ3) is 14.1. The lowest BCUT2D eigenvalue weighted by molar-refractivity contribution is -0.137. The summed E-state index contributed by atoms with van der Waals surface area (Å²) >= 11 is 6.31. The van der Waals surface area contributed by atoms with Crippen LogP contribution in [0.25, 0.3) is 0 Å². The summed E-state index contributed by atoms with van der Waals surface area (Å²) in [5.74, 6) is -0.385. The van der Waals surface area contributed by atoms with Crippen molar-refractivity contribution in [3.8, 4) is 0 Å². The summed E-state index contributed by atoms with van der Waals surface area (Å²) in [5, 5.41) is 3.10. The highest BCUT2D eigenvalue weighted by Crippen LogP contribution is 2.26. The third-order valence-electron chi connectivity index (χ3n) is 5.67. The molecule has 0 aliphatic rings. The van der Waals surface area contributed by atoms with Gasteiger partial charge in [-0.05, 0) is 38.5 Å². The van der Waals surface area contributed by atoms with Gasteiger partial charge in [0.25, 0.3) is 0 Å². The normalized spacial score (nSPS) is 11.9. The van der Waals surface area contributed by atoms with E-state index in [4.69, 9.17) is 21.1 Å². The first-order chi connectivity index (χ1) is 17.3. The molecular formula is C27H45ClN2O5S. The zero-order valence-electron chi connectivity index (χ0n) is 22.2. The molecule has 0 aliphatic heterocycles. The number of benzene rings is 1. The van der Waals surface area contributed by atoms with E-state index in [0.29, 0.717) is 18.8 Å². The van der Waals surface area contributed by atoms with Crippen LogP contribution in [0.1, 0.15) is 97.8 Å². The minimum Gasteiger partial charge on any atom is -0.479 e. The van der Waals surface area contributed by atoms with E-state index < -0.39 is 16.0 Å². The smallest absolute Gasteiger partial charge is 0.336 e. The monoisotopic (exact) mass is 544 g/mol. The van der Waals surface area contributed by atoms with Crippen LogP contribution < -0.4 is 10.0 Å². The van der Waals surface area contributed by atoms with E-state index in [0.717, 1.165) is 19.3 Å². The minimum atomic E-state index is -3.66. The molecule has 0 radical (unpaired) electrons. The van der Waals surface area contributed by atoms with E-state index in [-0.39, 0.29) is 22.4 Å². The summed E-state index contributed by atoms with van der Waals surface area (Å²) in [4.78, 5) is 11.8. The Morgan fingerprint density at radius 2 is 1.42 bits per heavy atom. The van der Waals surface area contributed by atoms with E-state index in [1.165, 1.54) is 76.0 Å². The summed E-state index contributed by atoms with van der Waals surface area (Å²) in [6.07, 6.45) is 15.9. The number of hydrogen-bond donors (Lipinski definition) is 2. The largest absolute Gasteiger partial charge is 0.479 e. The molecule has 1 rings (SSSR count). The highest BCUT2D eigenvalue weighted by Gasteiger charge is 2.16. The van der Waals surface area contributed by atoms with Crippen LogP contribution in [-0.4, -0.2) is 34.1 Å². The van der Waals surface area contributed by atoms with E-state index >= 15 is 0 Å². The van der Waals surface area contributed by atoms with Gasteiger partial charge >= 0.3 is 5.97 Å². The van der Waals surface area contributed by atoms with Gasteiger partial charge < -0.3 is 14.8 Å². The van der Waals surface area contributed by atoms with Crippen molar-refractivity contribution in [3.63, 3.8) is 0 Å². The Bertz CT molecular complexity index is 890. The second-order valence-electron chi connectivity index (χ2n) is 8.75. The Hall–Kier alpha value is -1.77. The molecule has 0 saturated heterocycles. The standard InChI is InChI=1S/C27H45ClN2O5S/c1-4-7-8-9-10-11-12-13-14-15-16-17-20-29-36(32,33)23-18-19-25(24(28)21-23)30-26(34-5-2)22-27(31)35-6-3/h18-19,21-22,29-30H,4-17,20H2,1-3H3. The van der Waals surface area contributed by atoms with Gasteiger partial charge in [0.2, 0.25) is 10.0 Å². The van der Waals surface area contributed by atoms with Crippen molar-refractivity contribution < 1.29 is 22.7 Å². The number of esters is 1. The zero-order valence-corrected chi connectivity index (χ0v) is 23.8. The number of anilines is 1. The molecule has 206 valence electrons. The Morgan fingerprint density at radius 1 is 0.861 bits per heavy atom. The number of carbonyl (C=O) groups is 1. The highest BCUT2D eigenvalue weighted by molar-refractivity contribution is 7.89. The second kappa shape index (κ2) is 19.4. The van der Waals surface area contributed by atoms with E-state index in [1.807, 2.05) is 0 Å². The van der Waals surface area contributed by atoms with Gasteiger partial charge in [0.05, 0.1) is 34.9 Å². The topological polar surface area (TPSA) is 93.7 Å². The van der Waals surface area contributed by atoms with Crippen LogP contribution in [0.2, 0.25) is 5.02 Å². The predicted molar refractivity (Wildman–Crippen MR) is 148 cm³/mol. The van der Waals surface area contributed by atoms with Crippen molar-refractivity contribution in [1.82, 2.24) is 4.72 Å². The molecule has 2 N–H and O–H groups in total. The van der Waals surface area contributed by atoms with E-state index in [1.54, 1.807) is 19.9 Å². The molecule has 7 nitrogen and oxygen atoms in total. The molecule has 0 bridgehead atoms. The molecule has 0 heterocycles. The van der Waals surface area contributed by atoms with Gasteiger partial charge in [-0.25, -0.2) is 17.9 Å². The number of nitrogens with one attached hydrogen (secondary N) is 2. The molecule has 0 aliphatic carbocycles. The number of rotatable bonds is 21. The fraction of sp³-hybridized carbons (Fsp3) is 0.667. The van der Waals surface area contributed by atoms with Crippen LogP contribution in [-0.2, 0) is 24.3 Å². The summed E-state index contributed by atoms with van der Waals surface area (Å²) in [7, 11) is -3.66. The lowest BCUT2D eigenvalue weighted by Crippen LogP contribution is -2.24. The van der Waals surface area contributed by atoms with Gasteiger partial charge in [-0.2, -0.15) is 0 Å². The molecule has 1 aromatic rings. The zero-order chi connectivity index (χ0) is 26.7. The molecule has 0 unspecified atom stereocenters. The number of ether oxygens (including phenoxy) is 2. The number of halogens is 1. The van der Waals surface area contributed by atoms with Crippen molar-refractivity contribution in [3.05, 3.63) is 35.2 Å². The molecule has 0 aromatic heterocycles. The first-order valence-electron chi connectivity index (χ1n) is 13.4. The molecule has 36 heavy (non-hydrogen) atoms. The Morgan fingerprint density at radius 3 is 1.94 bits per heavy atom. The summed E-state index contributed by atoms with van der Waals surface area (Å²) in [6, 6.07) is 4.38. The average molecular weight is 545 g/mol. The average Bonchev–Trinajstić information content (AvgIpc) is 2.83. The fourth-order valence-corrected chi connectivity index (χ4v) is 5.11. The molecule has 0 fully saturated rings. The van der Waals surface area contributed by atoms with Crippen molar-refractivity contribution in [2.75, 3.05) is 25.1 Å². The molecule has 0 saturated carbocycles. The number of unbranched alkanes of at least 4 members (excludes halogenated alkanes) is 11. The van der Waals surface area contributed by atoms with Gasteiger partial charge in [-0.3, -0.25) is 0 Å². The van der Waals surface area contributed by atoms with Crippen LogP contribution in [0.5, 0.6) is 0 Å². The Labute approximate surface area is 223 Å². The van der Waals surface area contributed by atoms with Crippen molar-refractivity contribution in [2.24, 2.45) is 0 Å². The molecule has 9 heteroatoms. The van der Waals surface area contributed by atoms with Gasteiger partial charge in [0.15, 0.2) is 5.88 Å². The van der Waals surface area contributed by atoms with Gasteiger partial charge in [0, 0.05) is 6.54 Å². The Balaban J connectivity index is 2.41. The Kier molecular flexibility index (Phi) is 17.3. The van der Waals surface area contributed by atoms with E-state index in [2.05, 4.69) is 17.0 Å². The van der Waals surface area contributed by atoms with Crippen LogP contribution in [0.3, 0.4) is 0 Å². The maximum atomic E-state index is 12.7. The summed E-state index contributed by atoms with van der Waals surface area (Å²) < 4.78 is 38.3. The van der Waals surface area contributed by atoms with Crippen LogP contribution in [0.15, 0.2) is 35.1 Å². The van der Waals surface area contributed by atoms with Crippen molar-refractivity contribution in [2.45, 2.75) is 103 Å². The van der Waals surface area contributed by atoms with Crippen LogP contribution in [0, 0.1) is 0 Å².